The predicted octanol–water partition coefficient (Wildman–Crippen LogP) is 1.75. The number of halogens is 1. The lowest BCUT2D eigenvalue weighted by atomic mass is 10.1. The fraction of sp³-hybridized carbons (Fsp3) is 0.500. The molecule has 2 amide bonds. The van der Waals surface area contributed by atoms with Crippen molar-refractivity contribution >= 4 is 29.1 Å². The molecule has 1 N–H and O–H groups in total. The van der Waals surface area contributed by atoms with Crippen LogP contribution in [0.2, 0.25) is 5.02 Å². The minimum absolute atomic E-state index is 0.0427. The molecule has 1 fully saturated rings. The molecule has 7 heteroatoms. The van der Waals surface area contributed by atoms with Gasteiger partial charge < -0.3 is 14.8 Å². The summed E-state index contributed by atoms with van der Waals surface area (Å²) in [5.41, 5.74) is 0.522. The number of carbonyl (C=O) groups is 2. The summed E-state index contributed by atoms with van der Waals surface area (Å²) >= 11 is 5.99. The molecule has 2 aliphatic heterocycles. The maximum absolute atomic E-state index is 12.3. The summed E-state index contributed by atoms with van der Waals surface area (Å²) < 4.78 is 10.9. The van der Waals surface area contributed by atoms with E-state index in [4.69, 9.17) is 21.1 Å². The fourth-order valence-electron chi connectivity index (χ4n) is 2.88. The molecule has 1 saturated heterocycles. The Balaban J connectivity index is 1.68. The molecule has 0 radical (unpaired) electrons. The normalized spacial score (nSPS) is 21.6. The van der Waals surface area contributed by atoms with Crippen molar-refractivity contribution < 1.29 is 19.1 Å². The number of amides is 2. The summed E-state index contributed by atoms with van der Waals surface area (Å²) in [5, 5.41) is 3.39. The minimum Gasteiger partial charge on any atom is -0.482 e. The molecule has 1 aromatic carbocycles. The highest BCUT2D eigenvalue weighted by atomic mass is 35.5. The number of ether oxygens (including phenoxy) is 2. The van der Waals surface area contributed by atoms with Gasteiger partial charge in [0.2, 0.25) is 5.91 Å². The molecular weight excluding hydrogens is 320 g/mol. The lowest BCUT2D eigenvalue weighted by Gasteiger charge is -2.29. The Kier molecular flexibility index (Phi) is 4.73. The Morgan fingerprint density at radius 1 is 1.52 bits per heavy atom. The van der Waals surface area contributed by atoms with Crippen LogP contribution in [0.1, 0.15) is 19.8 Å². The number of fused-ring (bicyclic) bond motifs is 1. The first-order valence-electron chi connectivity index (χ1n) is 7.68. The maximum atomic E-state index is 12.3. The summed E-state index contributed by atoms with van der Waals surface area (Å²) in [4.78, 5) is 25.8. The highest BCUT2D eigenvalue weighted by molar-refractivity contribution is 6.31. The van der Waals surface area contributed by atoms with Gasteiger partial charge in [0, 0.05) is 11.6 Å². The van der Waals surface area contributed by atoms with Crippen molar-refractivity contribution in [3.05, 3.63) is 23.2 Å². The Morgan fingerprint density at radius 2 is 2.35 bits per heavy atom. The van der Waals surface area contributed by atoms with E-state index in [0.29, 0.717) is 16.5 Å². The Bertz CT molecular complexity index is 616. The molecule has 1 aromatic rings. The molecule has 2 aliphatic rings. The smallest absolute Gasteiger partial charge is 0.265 e. The van der Waals surface area contributed by atoms with Gasteiger partial charge in [0.05, 0.1) is 17.8 Å². The molecule has 0 aliphatic carbocycles. The first-order chi connectivity index (χ1) is 11.0. The Hall–Kier alpha value is -1.79. The number of hydrogen-bond donors (Lipinski definition) is 1. The lowest BCUT2D eigenvalue weighted by Crippen LogP contribution is -2.49. The summed E-state index contributed by atoms with van der Waals surface area (Å²) in [6.45, 7) is 2.51. The standard InChI is InChI=1S/C16H19ClN2O4/c1-10(13-3-2-6-22-13)18-15(20)8-19-12-7-11(17)4-5-14(12)23-9-16(19)21/h4-5,7,10,13H,2-3,6,8-9H2,1H3,(H,18,20)/t10-,13-/m0/s1. The second-order valence-corrected chi connectivity index (χ2v) is 6.22. The molecule has 124 valence electrons. The van der Waals surface area contributed by atoms with Crippen LogP contribution < -0.4 is 15.0 Å². The van der Waals surface area contributed by atoms with Crippen molar-refractivity contribution in [2.24, 2.45) is 0 Å². The molecule has 23 heavy (non-hydrogen) atoms. The second-order valence-electron chi connectivity index (χ2n) is 5.79. The third-order valence-corrected chi connectivity index (χ3v) is 4.31. The van der Waals surface area contributed by atoms with Gasteiger partial charge >= 0.3 is 0 Å². The average Bonchev–Trinajstić information content (AvgIpc) is 3.05. The molecule has 0 saturated carbocycles. The van der Waals surface area contributed by atoms with E-state index in [0.717, 1.165) is 19.4 Å². The number of nitrogens with zero attached hydrogens (tertiary/aromatic N) is 1. The Morgan fingerprint density at radius 3 is 3.09 bits per heavy atom. The van der Waals surface area contributed by atoms with Gasteiger partial charge in [-0.05, 0) is 38.0 Å². The monoisotopic (exact) mass is 338 g/mol. The summed E-state index contributed by atoms with van der Waals surface area (Å²) in [6.07, 6.45) is 2.00. The van der Waals surface area contributed by atoms with E-state index >= 15 is 0 Å². The van der Waals surface area contributed by atoms with Crippen LogP contribution >= 0.6 is 11.6 Å². The van der Waals surface area contributed by atoms with Crippen molar-refractivity contribution in [3.8, 4) is 5.75 Å². The maximum Gasteiger partial charge on any atom is 0.265 e. The van der Waals surface area contributed by atoms with Crippen LogP contribution in [0.5, 0.6) is 5.75 Å². The first kappa shape index (κ1) is 16.1. The molecule has 0 aromatic heterocycles. The predicted molar refractivity (Wildman–Crippen MR) is 85.9 cm³/mol. The van der Waals surface area contributed by atoms with Crippen LogP contribution in [-0.4, -0.2) is 43.7 Å². The van der Waals surface area contributed by atoms with Gasteiger partial charge in [0.1, 0.15) is 12.3 Å². The van der Waals surface area contributed by atoms with E-state index in [9.17, 15) is 9.59 Å². The van der Waals surface area contributed by atoms with Crippen LogP contribution in [0, 0.1) is 0 Å². The molecule has 3 rings (SSSR count). The summed E-state index contributed by atoms with van der Waals surface area (Å²) in [6, 6.07) is 4.93. The van der Waals surface area contributed by atoms with Gasteiger partial charge in [0.25, 0.3) is 5.91 Å². The van der Waals surface area contributed by atoms with Gasteiger partial charge in [-0.2, -0.15) is 0 Å². The molecule has 0 bridgehead atoms. The zero-order chi connectivity index (χ0) is 16.4. The SMILES string of the molecule is C[C@H](NC(=O)CN1C(=O)COc2ccc(Cl)cc21)[C@@H]1CCCO1. The third-order valence-electron chi connectivity index (χ3n) is 4.08. The number of hydrogen-bond acceptors (Lipinski definition) is 4. The minimum atomic E-state index is -0.264. The van der Waals surface area contributed by atoms with Crippen molar-refractivity contribution in [1.29, 1.82) is 0 Å². The van der Waals surface area contributed by atoms with E-state index in [2.05, 4.69) is 5.32 Å². The van der Waals surface area contributed by atoms with Gasteiger partial charge in [-0.1, -0.05) is 11.6 Å². The largest absolute Gasteiger partial charge is 0.482 e. The molecule has 2 atom stereocenters. The molecule has 0 unspecified atom stereocenters. The van der Waals surface area contributed by atoms with E-state index < -0.39 is 0 Å². The number of anilines is 1. The van der Waals surface area contributed by atoms with Crippen molar-refractivity contribution in [2.75, 3.05) is 24.7 Å². The average molecular weight is 339 g/mol. The van der Waals surface area contributed by atoms with Crippen molar-refractivity contribution in [3.63, 3.8) is 0 Å². The topological polar surface area (TPSA) is 67.9 Å². The summed E-state index contributed by atoms with van der Waals surface area (Å²) in [7, 11) is 0. The van der Waals surface area contributed by atoms with Gasteiger partial charge in [-0.15, -0.1) is 0 Å². The second kappa shape index (κ2) is 6.76. The molecule has 6 nitrogen and oxygen atoms in total. The zero-order valence-electron chi connectivity index (χ0n) is 12.9. The van der Waals surface area contributed by atoms with E-state index in [1.54, 1.807) is 18.2 Å². The molecular formula is C16H19ClN2O4. The highest BCUT2D eigenvalue weighted by Gasteiger charge is 2.29. The van der Waals surface area contributed by atoms with Crippen LogP contribution in [0.25, 0.3) is 0 Å². The van der Waals surface area contributed by atoms with Crippen LogP contribution in [0.4, 0.5) is 5.69 Å². The van der Waals surface area contributed by atoms with Crippen molar-refractivity contribution in [1.82, 2.24) is 5.32 Å². The van der Waals surface area contributed by atoms with Crippen molar-refractivity contribution in [2.45, 2.75) is 31.9 Å². The third kappa shape index (κ3) is 3.59. The van der Waals surface area contributed by atoms with E-state index in [1.807, 2.05) is 6.92 Å². The van der Waals surface area contributed by atoms with Gasteiger partial charge in [-0.3, -0.25) is 14.5 Å². The number of benzene rings is 1. The lowest BCUT2D eigenvalue weighted by molar-refractivity contribution is -0.126. The van der Waals surface area contributed by atoms with Crippen LogP contribution in [0.3, 0.4) is 0 Å². The van der Waals surface area contributed by atoms with Gasteiger partial charge in [0.15, 0.2) is 6.61 Å². The number of nitrogens with one attached hydrogen (secondary N) is 1. The van der Waals surface area contributed by atoms with E-state index in [1.165, 1.54) is 4.90 Å². The van der Waals surface area contributed by atoms with E-state index in [-0.39, 0.29) is 37.1 Å². The number of rotatable bonds is 4. The zero-order valence-corrected chi connectivity index (χ0v) is 13.6. The fourth-order valence-corrected chi connectivity index (χ4v) is 3.05. The van der Waals surface area contributed by atoms with Gasteiger partial charge in [-0.25, -0.2) is 0 Å². The first-order valence-corrected chi connectivity index (χ1v) is 8.06. The number of carbonyl (C=O) groups excluding carboxylic acids is 2. The summed E-state index contributed by atoms with van der Waals surface area (Å²) in [5.74, 6) is 0.0582. The molecule has 2 heterocycles. The van der Waals surface area contributed by atoms with Crippen LogP contribution in [-0.2, 0) is 14.3 Å². The van der Waals surface area contributed by atoms with Crippen LogP contribution in [0.15, 0.2) is 18.2 Å². The highest BCUT2D eigenvalue weighted by Crippen LogP contribution is 2.34. The molecule has 0 spiro atoms. The Labute approximate surface area is 139 Å². The quantitative estimate of drug-likeness (QED) is 0.908.